The molecular formula is C46H60IrNO2SSi-. The smallest absolute Gasteiger partial charge is 0.136 e. The number of carbonyl (C=O) groups excluding carboxylic acids is 1. The van der Waals surface area contributed by atoms with Crippen LogP contribution in [-0.4, -0.2) is 23.6 Å². The van der Waals surface area contributed by atoms with E-state index in [1.54, 1.807) is 6.08 Å². The fourth-order valence-electron chi connectivity index (χ4n) is 7.83. The largest absolute Gasteiger partial charge is 0.512 e. The average molecular weight is 911 g/mol. The zero-order chi connectivity index (χ0) is 37.1. The monoisotopic (exact) mass is 911 g/mol. The number of thiophene rings is 1. The van der Waals surface area contributed by atoms with Crippen molar-refractivity contribution in [1.29, 1.82) is 0 Å². The maximum Gasteiger partial charge on any atom is 0.136 e. The molecule has 0 spiro atoms. The Labute approximate surface area is 332 Å². The van der Waals surface area contributed by atoms with Crippen molar-refractivity contribution in [3.63, 3.8) is 0 Å². The van der Waals surface area contributed by atoms with Gasteiger partial charge >= 0.3 is 0 Å². The van der Waals surface area contributed by atoms with Gasteiger partial charge in [-0.05, 0) is 52.6 Å². The summed E-state index contributed by atoms with van der Waals surface area (Å²) in [6.45, 7) is 22.3. The number of aromatic nitrogens is 1. The number of hydrogen-bond acceptors (Lipinski definition) is 4. The zero-order valence-corrected chi connectivity index (χ0v) is 37.4. The molecule has 1 aliphatic carbocycles. The third-order valence-electron chi connectivity index (χ3n) is 11.0. The first-order valence-corrected chi connectivity index (χ1v) is 23.1. The molecule has 52 heavy (non-hydrogen) atoms. The molecule has 0 amide bonds. The van der Waals surface area contributed by atoms with E-state index in [0.717, 1.165) is 35.9 Å². The Kier molecular flexibility index (Phi) is 14.0. The molecule has 2 heterocycles. The van der Waals surface area contributed by atoms with E-state index in [4.69, 9.17) is 4.98 Å². The van der Waals surface area contributed by atoms with Gasteiger partial charge in [-0.15, -0.1) is 40.5 Å². The summed E-state index contributed by atoms with van der Waals surface area (Å²) in [6, 6.07) is 23.5. The molecule has 1 aliphatic rings. The Morgan fingerprint density at radius 1 is 0.923 bits per heavy atom. The van der Waals surface area contributed by atoms with E-state index in [0.29, 0.717) is 11.3 Å². The SMILES string of the molecule is CC(C)(C)Cc1cccc2c1sc1c(-c3[c-]c4ccccc4c(C(C)(C)C)c3)nccc12.CCC(CC)/C(O)=C/C(=O)[Si](C)(C)C1CCCCC1.[Ir]. The predicted molar refractivity (Wildman–Crippen MR) is 225 cm³/mol. The van der Waals surface area contributed by atoms with Crippen molar-refractivity contribution >= 4 is 55.8 Å². The number of fused-ring (bicyclic) bond motifs is 4. The van der Waals surface area contributed by atoms with Crippen LogP contribution in [0.2, 0.25) is 18.6 Å². The minimum absolute atomic E-state index is 0. The predicted octanol–water partition coefficient (Wildman–Crippen LogP) is 14.0. The summed E-state index contributed by atoms with van der Waals surface area (Å²) in [5.41, 5.74) is 5.80. The van der Waals surface area contributed by atoms with Gasteiger partial charge in [0.15, 0.2) is 0 Å². The molecule has 6 rings (SSSR count). The Hall–Kier alpha value is -2.63. The van der Waals surface area contributed by atoms with Gasteiger partial charge in [-0.1, -0.05) is 148 Å². The van der Waals surface area contributed by atoms with E-state index in [1.807, 2.05) is 17.5 Å². The van der Waals surface area contributed by atoms with Crippen molar-refractivity contribution in [3.8, 4) is 11.3 Å². The summed E-state index contributed by atoms with van der Waals surface area (Å²) in [6.07, 6.45) is 12.7. The topological polar surface area (TPSA) is 50.2 Å². The minimum atomic E-state index is -1.92. The number of hydrogen-bond donors (Lipinski definition) is 1. The molecule has 6 heteroatoms. The third-order valence-corrected chi connectivity index (χ3v) is 16.3. The Morgan fingerprint density at radius 2 is 1.56 bits per heavy atom. The van der Waals surface area contributed by atoms with Crippen LogP contribution in [0.3, 0.4) is 0 Å². The van der Waals surface area contributed by atoms with Gasteiger partial charge in [0.05, 0.1) is 5.76 Å². The van der Waals surface area contributed by atoms with Crippen LogP contribution in [-0.2, 0) is 36.7 Å². The van der Waals surface area contributed by atoms with Crippen LogP contribution in [0.1, 0.15) is 111 Å². The molecule has 0 atom stereocenters. The first-order chi connectivity index (χ1) is 24.0. The van der Waals surface area contributed by atoms with Gasteiger partial charge in [-0.3, -0.25) is 4.98 Å². The van der Waals surface area contributed by atoms with E-state index in [1.165, 1.54) is 68.8 Å². The number of rotatable bonds is 8. The average Bonchev–Trinajstić information content (AvgIpc) is 3.48. The number of carbonyl (C=O) groups is 1. The molecule has 2 aromatic heterocycles. The molecule has 0 aliphatic heterocycles. The van der Waals surface area contributed by atoms with Crippen LogP contribution in [0.4, 0.5) is 0 Å². The standard InChI is InChI=1S/C30H30NS.C16H30O2Si.Ir/c1-29(2,3)18-20-11-9-13-23-24-14-15-31-26(28(24)32-27(20)23)21-16-19-10-7-8-12-22(19)25(17-21)30(4,5)6;1-5-13(6-2)15(17)12-16(18)19(3,4)14-10-8-7-9-11-14;/h7-15,17H,18H2,1-6H3;12-14,17H,5-11H2,1-4H3;/q-1;;/b;15-12-;. The van der Waals surface area contributed by atoms with Crippen LogP contribution in [0.5, 0.6) is 0 Å². The van der Waals surface area contributed by atoms with Crippen molar-refractivity contribution in [2.45, 2.75) is 131 Å². The molecule has 1 saturated carbocycles. The fourth-order valence-corrected chi connectivity index (χ4v) is 11.9. The Balaban J connectivity index is 0.000000261. The summed E-state index contributed by atoms with van der Waals surface area (Å²) < 4.78 is 2.65. The summed E-state index contributed by atoms with van der Waals surface area (Å²) in [7, 11) is -1.92. The second-order valence-corrected chi connectivity index (χ2v) is 23.3. The molecular weight excluding hydrogens is 851 g/mol. The van der Waals surface area contributed by atoms with Crippen molar-refractivity contribution in [2.24, 2.45) is 11.3 Å². The van der Waals surface area contributed by atoms with Gasteiger partial charge in [0.25, 0.3) is 0 Å². The van der Waals surface area contributed by atoms with E-state index >= 15 is 0 Å². The molecule has 0 unspecified atom stereocenters. The van der Waals surface area contributed by atoms with Gasteiger partial charge in [0.1, 0.15) is 13.5 Å². The van der Waals surface area contributed by atoms with Crippen molar-refractivity contribution in [1.82, 2.24) is 4.98 Å². The van der Waals surface area contributed by atoms with Gasteiger partial charge < -0.3 is 9.90 Å². The van der Waals surface area contributed by atoms with Crippen molar-refractivity contribution < 1.29 is 30.0 Å². The minimum Gasteiger partial charge on any atom is -0.512 e. The number of aliphatic hydroxyl groups excluding tert-OH is 1. The number of aliphatic hydroxyl groups is 1. The van der Waals surface area contributed by atoms with Crippen LogP contribution in [0.15, 0.2) is 72.6 Å². The number of pyridine rings is 1. The summed E-state index contributed by atoms with van der Waals surface area (Å²) >= 11 is 1.89. The number of nitrogens with zero attached hydrogens (tertiary/aromatic N) is 1. The molecule has 1 N–H and O–H groups in total. The summed E-state index contributed by atoms with van der Waals surface area (Å²) in [5, 5.41) is 15.4. The Bertz CT molecular complexity index is 2020. The van der Waals surface area contributed by atoms with Crippen LogP contribution < -0.4 is 0 Å². The zero-order valence-electron chi connectivity index (χ0n) is 33.2. The van der Waals surface area contributed by atoms with E-state index in [-0.39, 0.29) is 42.3 Å². The Morgan fingerprint density at radius 3 is 2.19 bits per heavy atom. The van der Waals surface area contributed by atoms with Crippen molar-refractivity contribution in [2.75, 3.05) is 0 Å². The van der Waals surface area contributed by atoms with E-state index < -0.39 is 8.07 Å². The van der Waals surface area contributed by atoms with E-state index in [2.05, 4.69) is 129 Å². The maximum absolute atomic E-state index is 12.5. The summed E-state index contributed by atoms with van der Waals surface area (Å²) in [4.78, 5) is 17.4. The first kappa shape index (κ1) is 42.1. The van der Waals surface area contributed by atoms with Crippen LogP contribution in [0, 0.1) is 17.4 Å². The molecule has 0 saturated heterocycles. The molecule has 1 fully saturated rings. The normalized spacial score (nSPS) is 14.8. The third kappa shape index (κ3) is 9.53. The van der Waals surface area contributed by atoms with Gasteiger partial charge in [0.2, 0.25) is 0 Å². The second-order valence-electron chi connectivity index (χ2n) is 17.6. The fraction of sp³-hybridized carbons (Fsp3) is 0.478. The molecule has 1 radical (unpaired) electrons. The number of benzene rings is 3. The van der Waals surface area contributed by atoms with E-state index in [9.17, 15) is 9.90 Å². The molecule has 3 nitrogen and oxygen atoms in total. The second kappa shape index (κ2) is 17.2. The first-order valence-electron chi connectivity index (χ1n) is 19.2. The van der Waals surface area contributed by atoms with Crippen molar-refractivity contribution in [3.05, 3.63) is 89.8 Å². The van der Waals surface area contributed by atoms with Gasteiger partial charge in [0, 0.05) is 58.8 Å². The van der Waals surface area contributed by atoms with Crippen LogP contribution in [0.25, 0.3) is 42.2 Å². The maximum atomic E-state index is 12.5. The molecule has 0 bridgehead atoms. The summed E-state index contributed by atoms with van der Waals surface area (Å²) in [5.74, 6) is 0.464. The quantitative estimate of drug-likeness (QED) is 0.0730. The van der Waals surface area contributed by atoms with Crippen LogP contribution >= 0.6 is 11.3 Å². The van der Waals surface area contributed by atoms with Gasteiger partial charge in [-0.25, -0.2) is 0 Å². The molecule has 5 aromatic rings. The molecule has 3 aromatic carbocycles. The van der Waals surface area contributed by atoms with Gasteiger partial charge in [-0.2, -0.15) is 0 Å². The number of allylic oxidation sites excluding steroid dienone is 2. The molecule has 281 valence electrons.